The fourth-order valence-electron chi connectivity index (χ4n) is 2.64. The van der Waals surface area contributed by atoms with Crippen LogP contribution in [0.1, 0.15) is 17.0 Å². The minimum absolute atomic E-state index is 0. The molecule has 0 aliphatic rings. The number of hydrogen-bond acceptors (Lipinski definition) is 6. The third-order valence-electron chi connectivity index (χ3n) is 4.11. The molecule has 9 heteroatoms. The molecule has 2 aromatic heterocycles. The van der Waals surface area contributed by atoms with Gasteiger partial charge >= 0.3 is 0 Å². The molecule has 0 radical (unpaired) electrons. The number of guanidine groups is 1. The molecule has 0 fully saturated rings. The van der Waals surface area contributed by atoms with Gasteiger partial charge in [0.25, 0.3) is 5.89 Å². The predicted octanol–water partition coefficient (Wildman–Crippen LogP) is 3.69. The van der Waals surface area contributed by atoms with Crippen LogP contribution in [0.3, 0.4) is 0 Å². The van der Waals surface area contributed by atoms with E-state index in [1.165, 1.54) is 16.0 Å². The van der Waals surface area contributed by atoms with Gasteiger partial charge in [0.2, 0.25) is 0 Å². The van der Waals surface area contributed by atoms with E-state index >= 15 is 0 Å². The molecule has 0 aliphatic heterocycles. The summed E-state index contributed by atoms with van der Waals surface area (Å²) in [5, 5.41) is 10.6. The van der Waals surface area contributed by atoms with Crippen molar-refractivity contribution in [3.8, 4) is 11.6 Å². The molecule has 2 heterocycles. The van der Waals surface area contributed by atoms with E-state index in [0.717, 1.165) is 5.96 Å². The SMILES string of the molecule is CN=C(NCCc1noc(-c2ccccn2)n1)NCc1ccc(C)cc1SC.I. The Morgan fingerprint density at radius 3 is 2.79 bits per heavy atom. The predicted molar refractivity (Wildman–Crippen MR) is 128 cm³/mol. The third-order valence-corrected chi connectivity index (χ3v) is 4.93. The molecule has 2 N–H and O–H groups in total. The molecule has 0 saturated heterocycles. The molecule has 0 atom stereocenters. The largest absolute Gasteiger partial charge is 0.356 e. The van der Waals surface area contributed by atoms with Crippen molar-refractivity contribution in [2.75, 3.05) is 19.8 Å². The highest BCUT2D eigenvalue weighted by Gasteiger charge is 2.10. The van der Waals surface area contributed by atoms with Gasteiger partial charge in [-0.05, 0) is 42.5 Å². The van der Waals surface area contributed by atoms with E-state index in [4.69, 9.17) is 4.52 Å². The van der Waals surface area contributed by atoms with Gasteiger partial charge in [0.05, 0.1) is 0 Å². The number of thioether (sulfide) groups is 1. The van der Waals surface area contributed by atoms with E-state index < -0.39 is 0 Å². The van der Waals surface area contributed by atoms with Gasteiger partial charge in [-0.3, -0.25) is 9.98 Å². The van der Waals surface area contributed by atoms with E-state index in [2.05, 4.69) is 62.1 Å². The molecule has 0 spiro atoms. The van der Waals surface area contributed by atoms with Gasteiger partial charge in [0.1, 0.15) is 5.69 Å². The van der Waals surface area contributed by atoms with E-state index in [1.807, 2.05) is 18.2 Å². The summed E-state index contributed by atoms with van der Waals surface area (Å²) in [6, 6.07) is 12.1. The number of aryl methyl sites for hydroxylation is 1. The van der Waals surface area contributed by atoms with Gasteiger partial charge in [-0.1, -0.05) is 23.4 Å². The average Bonchev–Trinajstić information content (AvgIpc) is 3.20. The molecular formula is C20H25IN6OS. The van der Waals surface area contributed by atoms with E-state index in [1.54, 1.807) is 25.0 Å². The second-order valence-electron chi connectivity index (χ2n) is 6.15. The Bertz CT molecular complexity index is 932. The minimum Gasteiger partial charge on any atom is -0.356 e. The van der Waals surface area contributed by atoms with Gasteiger partial charge in [0.15, 0.2) is 11.8 Å². The van der Waals surface area contributed by atoms with Crippen molar-refractivity contribution in [3.05, 3.63) is 59.5 Å². The van der Waals surface area contributed by atoms with Crippen LogP contribution in [0, 0.1) is 6.92 Å². The molecule has 0 saturated carbocycles. The Labute approximate surface area is 192 Å². The van der Waals surface area contributed by atoms with Crippen LogP contribution in [-0.2, 0) is 13.0 Å². The summed E-state index contributed by atoms with van der Waals surface area (Å²) in [5.74, 6) is 1.80. The van der Waals surface area contributed by atoms with Crippen LogP contribution in [0.2, 0.25) is 0 Å². The number of pyridine rings is 1. The molecule has 3 aromatic rings. The van der Waals surface area contributed by atoms with E-state index in [0.29, 0.717) is 36.9 Å². The average molecular weight is 524 g/mol. The summed E-state index contributed by atoms with van der Waals surface area (Å²) in [6.07, 6.45) is 4.42. The van der Waals surface area contributed by atoms with Crippen LogP contribution >= 0.6 is 35.7 Å². The topological polar surface area (TPSA) is 88.2 Å². The lowest BCUT2D eigenvalue weighted by Gasteiger charge is -2.13. The first-order chi connectivity index (χ1) is 13.7. The maximum absolute atomic E-state index is 5.28. The molecule has 3 rings (SSSR count). The quantitative estimate of drug-likeness (QED) is 0.211. The fraction of sp³-hybridized carbons (Fsp3) is 0.300. The van der Waals surface area contributed by atoms with Crippen molar-refractivity contribution in [2.45, 2.75) is 24.8 Å². The number of aromatic nitrogens is 3. The maximum atomic E-state index is 5.28. The Morgan fingerprint density at radius 1 is 1.21 bits per heavy atom. The number of benzene rings is 1. The number of aliphatic imine (C=N–C) groups is 1. The molecule has 0 bridgehead atoms. The Balaban J connectivity index is 0.00000300. The van der Waals surface area contributed by atoms with Crippen LogP contribution in [-0.4, -0.2) is 40.9 Å². The Morgan fingerprint density at radius 2 is 2.07 bits per heavy atom. The van der Waals surface area contributed by atoms with Crippen LogP contribution in [0.5, 0.6) is 0 Å². The standard InChI is InChI=1S/C20H24N6OS.HI/c1-14-7-8-15(17(12-14)28-3)13-24-20(21-2)23-11-9-18-25-19(27-26-18)16-6-4-5-10-22-16;/h4-8,10,12H,9,11,13H2,1-3H3,(H2,21,23,24);1H. The highest BCUT2D eigenvalue weighted by molar-refractivity contribution is 14.0. The first kappa shape index (κ1) is 23.1. The van der Waals surface area contributed by atoms with Crippen LogP contribution < -0.4 is 10.6 Å². The second kappa shape index (κ2) is 11.8. The fourth-order valence-corrected chi connectivity index (χ4v) is 3.35. The number of hydrogen-bond donors (Lipinski definition) is 2. The highest BCUT2D eigenvalue weighted by Crippen LogP contribution is 2.21. The molecule has 0 unspecified atom stereocenters. The lowest BCUT2D eigenvalue weighted by atomic mass is 10.1. The summed E-state index contributed by atoms with van der Waals surface area (Å²) >= 11 is 1.75. The van der Waals surface area contributed by atoms with Gasteiger partial charge in [-0.2, -0.15) is 4.98 Å². The van der Waals surface area contributed by atoms with Crippen molar-refractivity contribution in [1.29, 1.82) is 0 Å². The van der Waals surface area contributed by atoms with Crippen molar-refractivity contribution in [1.82, 2.24) is 25.8 Å². The van der Waals surface area contributed by atoms with Crippen molar-refractivity contribution in [3.63, 3.8) is 0 Å². The third kappa shape index (κ3) is 6.70. The van der Waals surface area contributed by atoms with E-state index in [-0.39, 0.29) is 24.0 Å². The lowest BCUT2D eigenvalue weighted by molar-refractivity contribution is 0.421. The highest BCUT2D eigenvalue weighted by atomic mass is 127. The summed E-state index contributed by atoms with van der Waals surface area (Å²) in [5.41, 5.74) is 3.19. The number of rotatable bonds is 7. The number of nitrogens with zero attached hydrogens (tertiary/aromatic N) is 4. The molecule has 0 aliphatic carbocycles. The monoisotopic (exact) mass is 524 g/mol. The van der Waals surface area contributed by atoms with Crippen molar-refractivity contribution >= 4 is 41.7 Å². The first-order valence-corrected chi connectivity index (χ1v) is 10.2. The molecular weight excluding hydrogens is 499 g/mol. The van der Waals surface area contributed by atoms with E-state index in [9.17, 15) is 0 Å². The van der Waals surface area contributed by atoms with Gasteiger partial charge in [-0.15, -0.1) is 35.7 Å². The number of halogens is 1. The lowest BCUT2D eigenvalue weighted by Crippen LogP contribution is -2.38. The summed E-state index contributed by atoms with van der Waals surface area (Å²) in [6.45, 7) is 3.46. The Hall–Kier alpha value is -2.14. The molecule has 154 valence electrons. The summed E-state index contributed by atoms with van der Waals surface area (Å²) in [7, 11) is 1.76. The zero-order chi connectivity index (χ0) is 19.8. The van der Waals surface area contributed by atoms with Crippen molar-refractivity contribution in [2.24, 2.45) is 4.99 Å². The van der Waals surface area contributed by atoms with Gasteiger partial charge in [-0.25, -0.2) is 0 Å². The second-order valence-corrected chi connectivity index (χ2v) is 7.00. The van der Waals surface area contributed by atoms with Crippen molar-refractivity contribution < 1.29 is 4.52 Å². The number of nitrogens with one attached hydrogen (secondary N) is 2. The molecule has 1 aromatic carbocycles. The minimum atomic E-state index is 0. The molecule has 7 nitrogen and oxygen atoms in total. The molecule has 29 heavy (non-hydrogen) atoms. The van der Waals surface area contributed by atoms with Gasteiger partial charge in [0, 0.05) is 37.7 Å². The van der Waals surface area contributed by atoms with Gasteiger partial charge < -0.3 is 15.2 Å². The normalized spacial score (nSPS) is 11.1. The maximum Gasteiger partial charge on any atom is 0.276 e. The van der Waals surface area contributed by atoms with Crippen LogP contribution in [0.25, 0.3) is 11.6 Å². The summed E-state index contributed by atoms with van der Waals surface area (Å²) in [4.78, 5) is 14.1. The van der Waals surface area contributed by atoms with Crippen LogP contribution in [0.4, 0.5) is 0 Å². The molecule has 0 amide bonds. The zero-order valence-electron chi connectivity index (χ0n) is 16.7. The first-order valence-electron chi connectivity index (χ1n) is 9.01. The summed E-state index contributed by atoms with van der Waals surface area (Å²) < 4.78 is 5.28. The Kier molecular flexibility index (Phi) is 9.39. The van der Waals surface area contributed by atoms with Crippen LogP contribution in [0.15, 0.2) is 57.0 Å². The smallest absolute Gasteiger partial charge is 0.276 e. The zero-order valence-corrected chi connectivity index (χ0v) is 19.8.